The summed E-state index contributed by atoms with van der Waals surface area (Å²) in [6.07, 6.45) is 2.90. The van der Waals surface area contributed by atoms with Crippen molar-refractivity contribution in [3.05, 3.63) is 64.3 Å². The van der Waals surface area contributed by atoms with Gasteiger partial charge in [0.1, 0.15) is 11.6 Å². The Morgan fingerprint density at radius 3 is 2.97 bits per heavy atom. The lowest BCUT2D eigenvalue weighted by Gasteiger charge is -2.12. The van der Waals surface area contributed by atoms with Crippen molar-refractivity contribution < 1.29 is 9.53 Å². The molecule has 0 bridgehead atoms. The Labute approximate surface area is 177 Å². The van der Waals surface area contributed by atoms with Gasteiger partial charge in [-0.15, -0.1) is 0 Å². The van der Waals surface area contributed by atoms with E-state index >= 15 is 0 Å². The SMILES string of the molecule is COc1ccccc1CCNc1nc(Nc2ccc3c(c2)CC(=O)N3)ncc1Br. The standard InChI is InChI=1S/C21H20BrN5O2/c1-29-18-5-3-2-4-13(18)8-9-23-20-16(22)12-24-21(27-20)25-15-6-7-17-14(10-15)11-19(28)26-17/h2-7,10,12H,8-9,11H2,1H3,(H,26,28)(H2,23,24,25,27). The fourth-order valence-corrected chi connectivity index (χ4v) is 3.54. The van der Waals surface area contributed by atoms with Gasteiger partial charge in [-0.1, -0.05) is 18.2 Å². The molecule has 0 saturated carbocycles. The predicted octanol–water partition coefficient (Wildman–Crippen LogP) is 4.14. The van der Waals surface area contributed by atoms with Crippen LogP contribution < -0.4 is 20.7 Å². The van der Waals surface area contributed by atoms with Crippen molar-refractivity contribution in [1.29, 1.82) is 0 Å². The average Bonchev–Trinajstić information content (AvgIpc) is 3.10. The smallest absolute Gasteiger partial charge is 0.229 e. The number of methoxy groups -OCH3 is 1. The van der Waals surface area contributed by atoms with Gasteiger partial charge in [-0.2, -0.15) is 4.98 Å². The van der Waals surface area contributed by atoms with Crippen molar-refractivity contribution in [3.8, 4) is 5.75 Å². The number of fused-ring (bicyclic) bond motifs is 1. The van der Waals surface area contributed by atoms with Gasteiger partial charge in [0.2, 0.25) is 11.9 Å². The number of para-hydroxylation sites is 1. The summed E-state index contributed by atoms with van der Waals surface area (Å²) in [6, 6.07) is 13.7. The highest BCUT2D eigenvalue weighted by Crippen LogP contribution is 2.28. The largest absolute Gasteiger partial charge is 0.496 e. The Kier molecular flexibility index (Phi) is 5.62. The van der Waals surface area contributed by atoms with E-state index in [0.717, 1.165) is 39.1 Å². The summed E-state index contributed by atoms with van der Waals surface area (Å²) < 4.78 is 6.18. The first-order chi connectivity index (χ1) is 14.1. The van der Waals surface area contributed by atoms with Crippen LogP contribution in [-0.4, -0.2) is 29.5 Å². The number of ether oxygens (including phenoxy) is 1. The van der Waals surface area contributed by atoms with Crippen molar-refractivity contribution >= 4 is 45.0 Å². The number of carbonyl (C=O) groups is 1. The average molecular weight is 454 g/mol. The number of nitrogens with zero attached hydrogens (tertiary/aromatic N) is 2. The molecule has 1 aliphatic rings. The lowest BCUT2D eigenvalue weighted by molar-refractivity contribution is -0.115. The molecule has 1 aliphatic heterocycles. The quantitative estimate of drug-likeness (QED) is 0.498. The van der Waals surface area contributed by atoms with Gasteiger partial charge in [-0.3, -0.25) is 4.79 Å². The molecule has 0 unspecified atom stereocenters. The molecule has 2 aromatic carbocycles. The number of hydrogen-bond acceptors (Lipinski definition) is 6. The summed E-state index contributed by atoms with van der Waals surface area (Å²) in [7, 11) is 1.68. The van der Waals surface area contributed by atoms with E-state index in [4.69, 9.17) is 4.74 Å². The zero-order valence-corrected chi connectivity index (χ0v) is 17.4. The Hall–Kier alpha value is -3.13. The van der Waals surface area contributed by atoms with E-state index in [1.54, 1.807) is 13.3 Å². The van der Waals surface area contributed by atoms with E-state index in [0.29, 0.717) is 24.7 Å². The molecule has 3 aromatic rings. The first-order valence-electron chi connectivity index (χ1n) is 9.20. The molecule has 2 heterocycles. The second-order valence-electron chi connectivity index (χ2n) is 6.60. The van der Waals surface area contributed by atoms with Gasteiger partial charge in [0, 0.05) is 24.1 Å². The van der Waals surface area contributed by atoms with Crippen LogP contribution in [0.25, 0.3) is 0 Å². The predicted molar refractivity (Wildman–Crippen MR) is 117 cm³/mol. The summed E-state index contributed by atoms with van der Waals surface area (Å²) in [5, 5.41) is 9.37. The molecule has 7 nitrogen and oxygen atoms in total. The minimum atomic E-state index is 0.0126. The fraction of sp³-hybridized carbons (Fsp3) is 0.190. The van der Waals surface area contributed by atoms with Crippen LogP contribution in [0.1, 0.15) is 11.1 Å². The summed E-state index contributed by atoms with van der Waals surface area (Å²) in [4.78, 5) is 20.4. The number of hydrogen-bond donors (Lipinski definition) is 3. The van der Waals surface area contributed by atoms with Gasteiger partial charge in [-0.05, 0) is 57.7 Å². The molecule has 0 saturated heterocycles. The van der Waals surface area contributed by atoms with Crippen LogP contribution in [0.4, 0.5) is 23.1 Å². The van der Waals surface area contributed by atoms with Crippen LogP contribution >= 0.6 is 15.9 Å². The van der Waals surface area contributed by atoms with Crippen LogP contribution in [0.5, 0.6) is 5.75 Å². The summed E-state index contributed by atoms with van der Waals surface area (Å²) in [5.41, 5.74) is 3.79. The zero-order valence-electron chi connectivity index (χ0n) is 15.8. The third-order valence-electron chi connectivity index (χ3n) is 4.61. The molecular formula is C21H20BrN5O2. The van der Waals surface area contributed by atoms with Crippen molar-refractivity contribution in [1.82, 2.24) is 9.97 Å². The third kappa shape index (κ3) is 4.48. The molecule has 3 N–H and O–H groups in total. The second kappa shape index (κ2) is 8.48. The molecule has 0 atom stereocenters. The Balaban J connectivity index is 1.43. The minimum absolute atomic E-state index is 0.0126. The molecule has 0 radical (unpaired) electrons. The number of anilines is 4. The van der Waals surface area contributed by atoms with E-state index in [2.05, 4.69) is 47.9 Å². The number of aromatic nitrogens is 2. The highest BCUT2D eigenvalue weighted by Gasteiger charge is 2.17. The van der Waals surface area contributed by atoms with E-state index in [9.17, 15) is 4.79 Å². The third-order valence-corrected chi connectivity index (χ3v) is 5.19. The Bertz CT molecular complexity index is 1060. The number of halogens is 1. The lowest BCUT2D eigenvalue weighted by Crippen LogP contribution is -2.09. The topological polar surface area (TPSA) is 88.2 Å². The second-order valence-corrected chi connectivity index (χ2v) is 7.45. The molecule has 0 aliphatic carbocycles. The maximum atomic E-state index is 11.5. The number of benzene rings is 2. The van der Waals surface area contributed by atoms with E-state index in [-0.39, 0.29) is 5.91 Å². The van der Waals surface area contributed by atoms with Crippen LogP contribution in [0.3, 0.4) is 0 Å². The molecule has 1 aromatic heterocycles. The maximum absolute atomic E-state index is 11.5. The molecule has 8 heteroatoms. The fourth-order valence-electron chi connectivity index (χ4n) is 3.21. The Morgan fingerprint density at radius 2 is 2.10 bits per heavy atom. The molecule has 29 heavy (non-hydrogen) atoms. The highest BCUT2D eigenvalue weighted by atomic mass is 79.9. The van der Waals surface area contributed by atoms with Gasteiger partial charge in [0.05, 0.1) is 18.0 Å². The first-order valence-corrected chi connectivity index (χ1v) is 10.00. The molecular weight excluding hydrogens is 434 g/mol. The van der Waals surface area contributed by atoms with Gasteiger partial charge < -0.3 is 20.7 Å². The van der Waals surface area contributed by atoms with E-state index < -0.39 is 0 Å². The summed E-state index contributed by atoms with van der Waals surface area (Å²) >= 11 is 3.49. The van der Waals surface area contributed by atoms with Crippen molar-refractivity contribution in [2.75, 3.05) is 29.6 Å². The summed E-state index contributed by atoms with van der Waals surface area (Å²) in [5.74, 6) is 2.07. The van der Waals surface area contributed by atoms with Crippen molar-refractivity contribution in [2.45, 2.75) is 12.8 Å². The van der Waals surface area contributed by atoms with E-state index in [1.165, 1.54) is 0 Å². The normalized spacial score (nSPS) is 12.3. The zero-order chi connectivity index (χ0) is 20.2. The van der Waals surface area contributed by atoms with Crippen LogP contribution in [0.2, 0.25) is 0 Å². The first kappa shape index (κ1) is 19.2. The molecule has 1 amide bonds. The molecule has 0 spiro atoms. The van der Waals surface area contributed by atoms with Crippen LogP contribution in [0.15, 0.2) is 53.1 Å². The molecule has 4 rings (SSSR count). The van der Waals surface area contributed by atoms with Gasteiger partial charge >= 0.3 is 0 Å². The Morgan fingerprint density at radius 1 is 1.24 bits per heavy atom. The van der Waals surface area contributed by atoms with Gasteiger partial charge in [0.15, 0.2) is 0 Å². The number of carbonyl (C=O) groups excluding carboxylic acids is 1. The number of rotatable bonds is 7. The highest BCUT2D eigenvalue weighted by molar-refractivity contribution is 9.10. The van der Waals surface area contributed by atoms with Gasteiger partial charge in [-0.25, -0.2) is 4.98 Å². The summed E-state index contributed by atoms with van der Waals surface area (Å²) in [6.45, 7) is 0.696. The van der Waals surface area contributed by atoms with E-state index in [1.807, 2.05) is 36.4 Å². The molecule has 0 fully saturated rings. The maximum Gasteiger partial charge on any atom is 0.229 e. The van der Waals surface area contributed by atoms with Crippen LogP contribution in [-0.2, 0) is 17.6 Å². The van der Waals surface area contributed by atoms with Crippen LogP contribution in [0, 0.1) is 0 Å². The monoisotopic (exact) mass is 453 g/mol. The van der Waals surface area contributed by atoms with Crippen molar-refractivity contribution in [3.63, 3.8) is 0 Å². The molecule has 148 valence electrons. The number of nitrogens with one attached hydrogen (secondary N) is 3. The number of amides is 1. The van der Waals surface area contributed by atoms with Crippen molar-refractivity contribution in [2.24, 2.45) is 0 Å². The lowest BCUT2D eigenvalue weighted by atomic mass is 10.1. The minimum Gasteiger partial charge on any atom is -0.496 e. The van der Waals surface area contributed by atoms with Gasteiger partial charge in [0.25, 0.3) is 0 Å².